The van der Waals surface area contributed by atoms with Gasteiger partial charge in [-0.25, -0.2) is 4.98 Å². The molecule has 0 radical (unpaired) electrons. The molecule has 0 aliphatic carbocycles. The normalized spacial score (nSPS) is 10.9. The number of furan rings is 1. The molecule has 0 saturated carbocycles. The number of nitrogens with zero attached hydrogens (tertiary/aromatic N) is 2. The zero-order valence-electron chi connectivity index (χ0n) is 18.1. The van der Waals surface area contributed by atoms with Gasteiger partial charge in [-0.15, -0.1) is 0 Å². The van der Waals surface area contributed by atoms with Gasteiger partial charge >= 0.3 is 0 Å². The van der Waals surface area contributed by atoms with E-state index >= 15 is 0 Å². The van der Waals surface area contributed by atoms with Crippen LogP contribution >= 0.6 is 11.3 Å². The maximum atomic E-state index is 13.7. The number of amides is 1. The van der Waals surface area contributed by atoms with E-state index in [1.165, 1.54) is 16.9 Å². The molecule has 2 aromatic heterocycles. The molecule has 0 atom stereocenters. The van der Waals surface area contributed by atoms with Crippen molar-refractivity contribution < 1.29 is 13.9 Å². The quantitative estimate of drug-likeness (QED) is 0.263. The van der Waals surface area contributed by atoms with Crippen LogP contribution in [0.25, 0.3) is 10.2 Å². The van der Waals surface area contributed by atoms with E-state index in [9.17, 15) is 4.79 Å². The van der Waals surface area contributed by atoms with Crippen LogP contribution in [0.2, 0.25) is 0 Å². The van der Waals surface area contributed by atoms with E-state index < -0.39 is 0 Å². The number of carbonyl (C=O) groups is 1. The topological polar surface area (TPSA) is 55.6 Å². The first-order valence-corrected chi connectivity index (χ1v) is 11.6. The highest BCUT2D eigenvalue weighted by Crippen LogP contribution is 2.32. The van der Waals surface area contributed by atoms with Gasteiger partial charge in [0.1, 0.15) is 17.3 Å². The molecule has 0 fully saturated rings. The van der Waals surface area contributed by atoms with Gasteiger partial charge in [-0.3, -0.25) is 9.69 Å². The fraction of sp³-hybridized carbons (Fsp3) is 0.111. The van der Waals surface area contributed by atoms with Gasteiger partial charge in [-0.1, -0.05) is 48.6 Å². The first-order valence-electron chi connectivity index (χ1n) is 10.8. The molecule has 5 nitrogen and oxygen atoms in total. The molecule has 2 heterocycles. The van der Waals surface area contributed by atoms with Crippen LogP contribution in [0, 0.1) is 0 Å². The summed E-state index contributed by atoms with van der Waals surface area (Å²) in [7, 11) is 0. The molecule has 0 N–H and O–H groups in total. The van der Waals surface area contributed by atoms with E-state index in [-0.39, 0.29) is 12.5 Å². The van der Waals surface area contributed by atoms with E-state index in [2.05, 4.69) is 19.1 Å². The van der Waals surface area contributed by atoms with Crippen LogP contribution < -0.4 is 9.64 Å². The standard InChI is InChI=1S/C27H22N2O3S/c1-2-19-13-14-24-25(16-19)33-27(28-24)29(18-23-12-7-15-31-23)26(30)20-8-6-11-22(17-20)32-21-9-4-3-5-10-21/h3-17H,2,18H2,1H3. The molecule has 0 spiro atoms. The van der Waals surface area contributed by atoms with Gasteiger partial charge in [0.05, 0.1) is 23.0 Å². The number of anilines is 1. The first kappa shape index (κ1) is 21.0. The largest absolute Gasteiger partial charge is 0.467 e. The summed E-state index contributed by atoms with van der Waals surface area (Å²) < 4.78 is 12.5. The van der Waals surface area contributed by atoms with Crippen molar-refractivity contribution in [2.75, 3.05) is 4.90 Å². The smallest absolute Gasteiger partial charge is 0.260 e. The van der Waals surface area contributed by atoms with Crippen molar-refractivity contribution in [1.82, 2.24) is 4.98 Å². The number of hydrogen-bond acceptors (Lipinski definition) is 5. The molecule has 0 bridgehead atoms. The number of fused-ring (bicyclic) bond motifs is 1. The molecule has 0 unspecified atom stereocenters. The Balaban J connectivity index is 1.49. The lowest BCUT2D eigenvalue weighted by Crippen LogP contribution is -2.30. The highest BCUT2D eigenvalue weighted by atomic mass is 32.1. The van der Waals surface area contributed by atoms with Crippen molar-refractivity contribution in [3.63, 3.8) is 0 Å². The highest BCUT2D eigenvalue weighted by Gasteiger charge is 2.23. The molecule has 0 aliphatic heterocycles. The molecular weight excluding hydrogens is 432 g/mol. The van der Waals surface area contributed by atoms with Gasteiger partial charge in [0.15, 0.2) is 5.13 Å². The fourth-order valence-corrected chi connectivity index (χ4v) is 4.58. The summed E-state index contributed by atoms with van der Waals surface area (Å²) in [5.74, 6) is 1.84. The van der Waals surface area contributed by atoms with Crippen LogP contribution in [-0.4, -0.2) is 10.9 Å². The molecule has 6 heteroatoms. The van der Waals surface area contributed by atoms with Gasteiger partial charge in [0.2, 0.25) is 0 Å². The summed E-state index contributed by atoms with van der Waals surface area (Å²) in [6.07, 6.45) is 2.56. The van der Waals surface area contributed by atoms with Crippen molar-refractivity contribution in [2.24, 2.45) is 0 Å². The summed E-state index contributed by atoms with van der Waals surface area (Å²) >= 11 is 1.51. The van der Waals surface area contributed by atoms with Crippen LogP contribution in [0.4, 0.5) is 5.13 Å². The minimum absolute atomic E-state index is 0.167. The summed E-state index contributed by atoms with van der Waals surface area (Å²) in [5.41, 5.74) is 2.64. The number of rotatable bonds is 7. The second kappa shape index (κ2) is 9.30. The first-order chi connectivity index (χ1) is 16.2. The zero-order valence-corrected chi connectivity index (χ0v) is 18.9. The lowest BCUT2D eigenvalue weighted by molar-refractivity contribution is 0.0983. The third-order valence-electron chi connectivity index (χ3n) is 5.28. The van der Waals surface area contributed by atoms with Crippen LogP contribution in [0.3, 0.4) is 0 Å². The fourth-order valence-electron chi connectivity index (χ4n) is 3.55. The predicted molar refractivity (Wildman–Crippen MR) is 131 cm³/mol. The lowest BCUT2D eigenvalue weighted by Gasteiger charge is -2.19. The molecule has 5 rings (SSSR count). The number of ether oxygens (including phenoxy) is 1. The third-order valence-corrected chi connectivity index (χ3v) is 6.32. The maximum absolute atomic E-state index is 13.7. The zero-order chi connectivity index (χ0) is 22.6. The van der Waals surface area contributed by atoms with Crippen LogP contribution in [0.1, 0.15) is 28.6 Å². The number of hydrogen-bond donors (Lipinski definition) is 0. The van der Waals surface area contributed by atoms with Crippen molar-refractivity contribution in [3.05, 3.63) is 108 Å². The molecule has 0 aliphatic rings. The van der Waals surface area contributed by atoms with Crippen LogP contribution in [0.5, 0.6) is 11.5 Å². The Kier molecular flexibility index (Phi) is 5.91. The Hall–Kier alpha value is -3.90. The van der Waals surface area contributed by atoms with Crippen molar-refractivity contribution in [1.29, 1.82) is 0 Å². The van der Waals surface area contributed by atoms with Crippen LogP contribution in [0.15, 0.2) is 95.6 Å². The number of aryl methyl sites for hydroxylation is 1. The van der Waals surface area contributed by atoms with E-state index in [1.54, 1.807) is 23.3 Å². The highest BCUT2D eigenvalue weighted by molar-refractivity contribution is 7.22. The maximum Gasteiger partial charge on any atom is 0.260 e. The van der Waals surface area contributed by atoms with Gasteiger partial charge < -0.3 is 9.15 Å². The summed E-state index contributed by atoms with van der Waals surface area (Å²) in [5, 5.41) is 0.633. The molecule has 3 aromatic carbocycles. The molecular formula is C27H22N2O3S. The van der Waals surface area contributed by atoms with Crippen molar-refractivity contribution >= 4 is 32.6 Å². The van der Waals surface area contributed by atoms with Crippen molar-refractivity contribution in [2.45, 2.75) is 19.9 Å². The van der Waals surface area contributed by atoms with E-state index in [0.717, 1.165) is 16.6 Å². The van der Waals surface area contributed by atoms with Crippen LogP contribution in [-0.2, 0) is 13.0 Å². The summed E-state index contributed by atoms with van der Waals surface area (Å²) in [4.78, 5) is 20.1. The van der Waals surface area contributed by atoms with Gasteiger partial charge in [-0.05, 0) is 66.6 Å². The van der Waals surface area contributed by atoms with Crippen molar-refractivity contribution in [3.8, 4) is 11.5 Å². The number of carbonyl (C=O) groups excluding carboxylic acids is 1. The summed E-state index contributed by atoms with van der Waals surface area (Å²) in [6.45, 7) is 2.41. The SMILES string of the molecule is CCc1ccc2nc(N(Cc3ccco3)C(=O)c3cccc(Oc4ccccc4)c3)sc2c1. The van der Waals surface area contributed by atoms with Gasteiger partial charge in [0.25, 0.3) is 5.91 Å². The minimum atomic E-state index is -0.167. The lowest BCUT2D eigenvalue weighted by atomic mass is 10.2. The summed E-state index contributed by atoms with van der Waals surface area (Å²) in [6, 6.07) is 26.6. The average Bonchev–Trinajstić information content (AvgIpc) is 3.52. The minimum Gasteiger partial charge on any atom is -0.467 e. The second-order valence-corrected chi connectivity index (χ2v) is 8.57. The third kappa shape index (κ3) is 4.66. The number of para-hydroxylation sites is 1. The van der Waals surface area contributed by atoms with E-state index in [1.807, 2.05) is 60.7 Å². The average molecular weight is 455 g/mol. The Bertz CT molecular complexity index is 1380. The Labute approximate surface area is 195 Å². The Morgan fingerprint density at radius 2 is 1.82 bits per heavy atom. The molecule has 33 heavy (non-hydrogen) atoms. The van der Waals surface area contributed by atoms with Gasteiger partial charge in [0, 0.05) is 5.56 Å². The number of thiazole rings is 1. The van der Waals surface area contributed by atoms with E-state index in [0.29, 0.717) is 28.0 Å². The number of benzene rings is 3. The molecule has 164 valence electrons. The predicted octanol–water partition coefficient (Wildman–Crippen LogP) is 7.09. The molecule has 0 saturated heterocycles. The monoisotopic (exact) mass is 454 g/mol. The number of aromatic nitrogens is 1. The Morgan fingerprint density at radius 3 is 2.61 bits per heavy atom. The Morgan fingerprint density at radius 1 is 0.970 bits per heavy atom. The van der Waals surface area contributed by atoms with E-state index in [4.69, 9.17) is 14.1 Å². The van der Waals surface area contributed by atoms with Gasteiger partial charge in [-0.2, -0.15) is 0 Å². The molecule has 5 aromatic rings. The second-order valence-electron chi connectivity index (χ2n) is 7.57. The molecule has 1 amide bonds.